The minimum Gasteiger partial charge on any atom is -0.489 e. The van der Waals surface area contributed by atoms with E-state index in [1.807, 2.05) is 4.90 Å². The van der Waals surface area contributed by atoms with Crippen LogP contribution in [0.4, 0.5) is 35.3 Å². The molecule has 0 aliphatic carbocycles. The van der Waals surface area contributed by atoms with E-state index in [1.165, 1.54) is 29.4 Å². The monoisotopic (exact) mass is 524 g/mol. The van der Waals surface area contributed by atoms with Crippen LogP contribution in [0, 0.1) is 5.92 Å². The van der Waals surface area contributed by atoms with Gasteiger partial charge in [0.15, 0.2) is 11.6 Å². The summed E-state index contributed by atoms with van der Waals surface area (Å²) in [7, 11) is 0. The lowest BCUT2D eigenvalue weighted by Gasteiger charge is -2.45. The van der Waals surface area contributed by atoms with E-state index in [2.05, 4.69) is 20.3 Å². The highest BCUT2D eigenvalue weighted by atomic mass is 19.4. The van der Waals surface area contributed by atoms with Crippen molar-refractivity contribution in [2.45, 2.75) is 44.5 Å². The first kappa shape index (κ1) is 26.5. The maximum atomic E-state index is 13.3. The van der Waals surface area contributed by atoms with Gasteiger partial charge in [-0.05, 0) is 25.0 Å². The van der Waals surface area contributed by atoms with Crippen molar-refractivity contribution < 1.29 is 37.7 Å². The molecule has 3 atom stereocenters. The van der Waals surface area contributed by atoms with Crippen molar-refractivity contribution >= 4 is 29.1 Å². The van der Waals surface area contributed by atoms with Gasteiger partial charge in [0.2, 0.25) is 5.78 Å². The Morgan fingerprint density at radius 3 is 2.73 bits per heavy atom. The third-order valence-corrected chi connectivity index (χ3v) is 6.22. The van der Waals surface area contributed by atoms with Gasteiger partial charge in [-0.2, -0.15) is 13.2 Å². The number of carbonyl (C=O) groups is 2. The van der Waals surface area contributed by atoms with Crippen molar-refractivity contribution in [2.24, 2.45) is 5.92 Å². The zero-order valence-corrected chi connectivity index (χ0v) is 20.0. The van der Waals surface area contributed by atoms with E-state index >= 15 is 0 Å². The Labute approximate surface area is 210 Å². The van der Waals surface area contributed by atoms with Crippen LogP contribution in [0.1, 0.15) is 36.8 Å². The lowest BCUT2D eigenvalue weighted by Crippen LogP contribution is -2.56. The Hall–Kier alpha value is -3.52. The number of piperidine rings is 1. The molecule has 0 radical (unpaired) electrons. The van der Waals surface area contributed by atoms with E-state index in [0.29, 0.717) is 30.9 Å². The molecule has 2 bridgehead atoms. The molecule has 4 rings (SSSR count). The molecule has 2 aliphatic heterocycles. The van der Waals surface area contributed by atoms with Gasteiger partial charge < -0.3 is 19.8 Å². The van der Waals surface area contributed by atoms with Crippen LogP contribution in [0.25, 0.3) is 0 Å². The molecular weight excluding hydrogens is 497 g/mol. The number of hydrogen-bond acceptors (Lipinski definition) is 9. The molecule has 2 amide bonds. The average molecular weight is 525 g/mol. The molecule has 2 aromatic rings. The standard InChI is InChI=1S/C23H27F3N6O5/c1-13(23(24,25)26)7-18(35)20-28-9-17-21(30-20)32(14-3-2-6-31(17)10-14)22(36)29-19-5-4-16(8-27-19)37-12-15(34)11-33/h4-5,8-9,13-15,33-34H,2-3,6-7,10-12H2,1H3,(H,27,29,36)/t13-,14-,15-/m0/s1. The molecule has 2 aliphatic rings. The van der Waals surface area contributed by atoms with E-state index in [-0.39, 0.29) is 30.1 Å². The number of halogens is 3. The summed E-state index contributed by atoms with van der Waals surface area (Å²) in [5.74, 6) is -2.41. The van der Waals surface area contributed by atoms with Crippen molar-refractivity contribution in [3.63, 3.8) is 0 Å². The predicted molar refractivity (Wildman–Crippen MR) is 126 cm³/mol. The number of anilines is 3. The number of ether oxygens (including phenoxy) is 1. The molecule has 4 heterocycles. The number of aliphatic hydroxyl groups excluding tert-OH is 2. The van der Waals surface area contributed by atoms with Crippen LogP contribution in [0.15, 0.2) is 24.5 Å². The van der Waals surface area contributed by atoms with Gasteiger partial charge in [-0.15, -0.1) is 0 Å². The van der Waals surface area contributed by atoms with Crippen molar-refractivity contribution in [1.82, 2.24) is 15.0 Å². The number of fused-ring (bicyclic) bond motifs is 4. The summed E-state index contributed by atoms with van der Waals surface area (Å²) in [6.45, 7) is 1.57. The number of amides is 2. The van der Waals surface area contributed by atoms with Gasteiger partial charge >= 0.3 is 12.2 Å². The van der Waals surface area contributed by atoms with Crippen molar-refractivity contribution in [1.29, 1.82) is 0 Å². The number of rotatable bonds is 8. The topological polar surface area (TPSA) is 141 Å². The normalized spacial score (nSPS) is 18.6. The van der Waals surface area contributed by atoms with Gasteiger partial charge in [-0.3, -0.25) is 15.0 Å². The van der Waals surface area contributed by atoms with Crippen LogP contribution in [-0.4, -0.2) is 81.6 Å². The SMILES string of the molecule is C[C@@H](CC(=O)c1ncc2c(n1)N(C(=O)Nc1ccc(OC[C@@H](O)CO)cn1)[C@H]1CCCN2C1)C(F)(F)F. The summed E-state index contributed by atoms with van der Waals surface area (Å²) in [5, 5.41) is 20.9. The first-order valence-electron chi connectivity index (χ1n) is 11.8. The van der Waals surface area contributed by atoms with Gasteiger partial charge in [-0.1, -0.05) is 6.92 Å². The van der Waals surface area contributed by atoms with E-state index in [0.717, 1.165) is 13.3 Å². The Morgan fingerprint density at radius 2 is 2.05 bits per heavy atom. The number of carbonyl (C=O) groups excluding carboxylic acids is 2. The number of pyridine rings is 1. The van der Waals surface area contributed by atoms with E-state index in [9.17, 15) is 27.9 Å². The number of ketones is 1. The Bertz CT molecular complexity index is 1130. The van der Waals surface area contributed by atoms with Gasteiger partial charge in [0.1, 0.15) is 24.3 Å². The van der Waals surface area contributed by atoms with E-state index < -0.39 is 43.0 Å². The lowest BCUT2D eigenvalue weighted by molar-refractivity contribution is -0.168. The molecule has 3 N–H and O–H groups in total. The van der Waals surface area contributed by atoms with Crippen LogP contribution < -0.4 is 19.9 Å². The fourth-order valence-electron chi connectivity index (χ4n) is 4.16. The minimum atomic E-state index is -4.52. The molecular formula is C23H27F3N6O5. The quantitative estimate of drug-likeness (QED) is 0.444. The number of nitrogens with zero attached hydrogens (tertiary/aromatic N) is 5. The Morgan fingerprint density at radius 1 is 1.27 bits per heavy atom. The van der Waals surface area contributed by atoms with Gasteiger partial charge in [0, 0.05) is 19.5 Å². The maximum Gasteiger partial charge on any atom is 0.391 e. The Balaban J connectivity index is 1.54. The summed E-state index contributed by atoms with van der Waals surface area (Å²) in [5.41, 5.74) is 0.519. The summed E-state index contributed by atoms with van der Waals surface area (Å²) < 4.78 is 44.2. The van der Waals surface area contributed by atoms with Crippen LogP contribution >= 0.6 is 0 Å². The molecule has 14 heteroatoms. The van der Waals surface area contributed by atoms with Crippen molar-refractivity contribution in [3.8, 4) is 5.75 Å². The smallest absolute Gasteiger partial charge is 0.391 e. The summed E-state index contributed by atoms with van der Waals surface area (Å²) in [4.78, 5) is 41.6. The highest BCUT2D eigenvalue weighted by Gasteiger charge is 2.40. The molecule has 2 aromatic heterocycles. The summed E-state index contributed by atoms with van der Waals surface area (Å²) in [6, 6.07) is 2.19. The number of nitrogens with one attached hydrogen (secondary N) is 1. The number of Topliss-reactive ketones (excluding diaryl/α,β-unsaturated/α-hetero) is 1. The third kappa shape index (κ3) is 6.07. The summed E-state index contributed by atoms with van der Waals surface area (Å²) >= 11 is 0. The molecule has 0 spiro atoms. The largest absolute Gasteiger partial charge is 0.489 e. The number of aromatic nitrogens is 3. The van der Waals surface area contributed by atoms with Gasteiger partial charge in [0.05, 0.1) is 36.6 Å². The average Bonchev–Trinajstić information content (AvgIpc) is 2.87. The van der Waals surface area contributed by atoms with Crippen molar-refractivity contribution in [3.05, 3.63) is 30.4 Å². The number of urea groups is 1. The third-order valence-electron chi connectivity index (χ3n) is 6.22. The molecule has 0 unspecified atom stereocenters. The highest BCUT2D eigenvalue weighted by Crippen LogP contribution is 2.38. The first-order chi connectivity index (χ1) is 17.6. The van der Waals surface area contributed by atoms with Crippen molar-refractivity contribution in [2.75, 3.05) is 41.4 Å². The molecule has 1 saturated heterocycles. The highest BCUT2D eigenvalue weighted by molar-refractivity contribution is 6.04. The number of hydrogen-bond donors (Lipinski definition) is 3. The van der Waals surface area contributed by atoms with Crippen LogP contribution in [-0.2, 0) is 0 Å². The van der Waals surface area contributed by atoms with Gasteiger partial charge in [-0.25, -0.2) is 19.7 Å². The van der Waals surface area contributed by atoms with Crippen LogP contribution in [0.3, 0.4) is 0 Å². The van der Waals surface area contributed by atoms with E-state index in [4.69, 9.17) is 9.84 Å². The number of alkyl halides is 3. The second-order valence-electron chi connectivity index (χ2n) is 9.04. The zero-order valence-electron chi connectivity index (χ0n) is 20.0. The fourth-order valence-corrected chi connectivity index (χ4v) is 4.16. The lowest BCUT2D eigenvalue weighted by atomic mass is 10.00. The maximum absolute atomic E-state index is 13.3. The number of aliphatic hydroxyl groups is 2. The van der Waals surface area contributed by atoms with Gasteiger partial charge in [0.25, 0.3) is 0 Å². The molecule has 1 fully saturated rings. The first-order valence-corrected chi connectivity index (χ1v) is 11.8. The predicted octanol–water partition coefficient (Wildman–Crippen LogP) is 2.40. The molecule has 0 aromatic carbocycles. The molecule has 37 heavy (non-hydrogen) atoms. The molecule has 200 valence electrons. The second kappa shape index (κ2) is 10.8. The fraction of sp³-hybridized carbons (Fsp3) is 0.522. The van der Waals surface area contributed by atoms with Crippen LogP contribution in [0.5, 0.6) is 5.75 Å². The molecule has 0 saturated carbocycles. The summed E-state index contributed by atoms with van der Waals surface area (Å²) in [6.07, 6.45) is -2.16. The Kier molecular flexibility index (Phi) is 7.78. The zero-order chi connectivity index (χ0) is 26.7. The van der Waals surface area contributed by atoms with Crippen LogP contribution in [0.2, 0.25) is 0 Å². The second-order valence-corrected chi connectivity index (χ2v) is 9.04. The van der Waals surface area contributed by atoms with E-state index in [1.54, 1.807) is 0 Å². The minimum absolute atomic E-state index is 0.130. The molecule has 11 nitrogen and oxygen atoms in total.